The molecule has 0 aliphatic carbocycles. The first kappa shape index (κ1) is 54.2. The molecule has 0 aromatic rings. The Labute approximate surface area is 346 Å². The number of ether oxygens (including phenoxy) is 2. The highest BCUT2D eigenvalue weighted by atomic mass is 31.2. The molecule has 11 heteroatoms. The lowest BCUT2D eigenvalue weighted by atomic mass is 10.1. The van der Waals surface area contributed by atoms with E-state index in [0.29, 0.717) is 30.3 Å². The van der Waals surface area contributed by atoms with Crippen LogP contribution in [0.4, 0.5) is 0 Å². The molecule has 10 nitrogen and oxygen atoms in total. The average molecular weight is 820 g/mol. The molecule has 3 atom stereocenters. The fourth-order valence-corrected chi connectivity index (χ4v) is 5.85. The summed E-state index contributed by atoms with van der Waals surface area (Å²) in [5.74, 6) is -1.07. The van der Waals surface area contributed by atoms with Gasteiger partial charge in [-0.25, -0.2) is 0 Å². The topological polar surface area (TPSA) is 131 Å². The third-order valence-corrected chi connectivity index (χ3v) is 9.47. The molecule has 1 N–H and O–H groups in total. The molecule has 57 heavy (non-hydrogen) atoms. The highest BCUT2D eigenvalue weighted by molar-refractivity contribution is 7.45. The van der Waals surface area contributed by atoms with Crippen LogP contribution in [0, 0.1) is 0 Å². The van der Waals surface area contributed by atoms with Crippen molar-refractivity contribution in [3.05, 3.63) is 85.1 Å². The van der Waals surface area contributed by atoms with Crippen molar-refractivity contribution in [3.8, 4) is 0 Å². The van der Waals surface area contributed by atoms with E-state index in [1.165, 1.54) is 19.3 Å². The normalized spacial score (nSPS) is 15.0. The van der Waals surface area contributed by atoms with Crippen LogP contribution in [-0.4, -0.2) is 81.2 Å². The third-order valence-electron chi connectivity index (χ3n) is 8.50. The van der Waals surface area contributed by atoms with E-state index in [4.69, 9.17) is 18.5 Å². The number of aliphatic hydroxyl groups excluding tert-OH is 1. The van der Waals surface area contributed by atoms with Crippen molar-refractivity contribution < 1.29 is 47.2 Å². The number of carbonyl (C=O) groups excluding carboxylic acids is 2. The minimum absolute atomic E-state index is 0.0121. The molecule has 0 saturated heterocycles. The molecule has 0 aromatic heterocycles. The van der Waals surface area contributed by atoms with E-state index in [1.807, 2.05) is 33.3 Å². The highest BCUT2D eigenvalue weighted by Gasteiger charge is 2.22. The maximum atomic E-state index is 12.7. The van der Waals surface area contributed by atoms with Crippen LogP contribution in [0.25, 0.3) is 0 Å². The summed E-state index contributed by atoms with van der Waals surface area (Å²) >= 11 is 0. The van der Waals surface area contributed by atoms with E-state index < -0.39 is 38.6 Å². The summed E-state index contributed by atoms with van der Waals surface area (Å²) in [5, 5.41) is 10.3. The van der Waals surface area contributed by atoms with Crippen molar-refractivity contribution in [2.45, 2.75) is 148 Å². The van der Waals surface area contributed by atoms with Crippen LogP contribution < -0.4 is 4.89 Å². The van der Waals surface area contributed by atoms with Gasteiger partial charge in [0.1, 0.15) is 19.8 Å². The highest BCUT2D eigenvalue weighted by Crippen LogP contribution is 2.38. The lowest BCUT2D eigenvalue weighted by Crippen LogP contribution is -2.37. The number of carbonyl (C=O) groups is 2. The number of likely N-dealkylation sites (N-methyl/N-ethyl adjacent to an activating group) is 1. The summed E-state index contributed by atoms with van der Waals surface area (Å²) in [6.45, 7) is 3.81. The van der Waals surface area contributed by atoms with E-state index in [2.05, 4.69) is 74.6 Å². The van der Waals surface area contributed by atoms with Gasteiger partial charge in [-0.05, 0) is 77.0 Å². The van der Waals surface area contributed by atoms with E-state index in [9.17, 15) is 24.2 Å². The molecule has 0 amide bonds. The van der Waals surface area contributed by atoms with Crippen molar-refractivity contribution in [1.82, 2.24) is 0 Å². The number of nitrogens with zero attached hydrogens (tertiary/aromatic N) is 1. The van der Waals surface area contributed by atoms with Crippen LogP contribution in [0.3, 0.4) is 0 Å². The fraction of sp³-hybridized carbons (Fsp3) is 0.652. The zero-order chi connectivity index (χ0) is 42.3. The van der Waals surface area contributed by atoms with Gasteiger partial charge in [-0.1, -0.05) is 131 Å². The molecular weight excluding hydrogens is 741 g/mol. The van der Waals surface area contributed by atoms with E-state index in [-0.39, 0.29) is 26.1 Å². The molecule has 0 aliphatic heterocycles. The van der Waals surface area contributed by atoms with Gasteiger partial charge < -0.3 is 33.0 Å². The van der Waals surface area contributed by atoms with Gasteiger partial charge in [-0.3, -0.25) is 14.2 Å². The van der Waals surface area contributed by atoms with Crippen LogP contribution in [-0.2, 0) is 32.7 Å². The summed E-state index contributed by atoms with van der Waals surface area (Å²) in [5.41, 5.74) is 0. The second-order valence-electron chi connectivity index (χ2n) is 15.2. The average Bonchev–Trinajstić information content (AvgIpc) is 3.15. The number of phosphoric ester groups is 1. The van der Waals surface area contributed by atoms with Gasteiger partial charge in [0.05, 0.1) is 33.9 Å². The zero-order valence-corrected chi connectivity index (χ0v) is 37.0. The second-order valence-corrected chi connectivity index (χ2v) is 16.6. The number of unbranched alkanes of at least 4 members (excludes halogenated alkanes) is 8. The molecular formula is C46H78NO9P. The lowest BCUT2D eigenvalue weighted by Gasteiger charge is -2.28. The molecule has 326 valence electrons. The summed E-state index contributed by atoms with van der Waals surface area (Å²) in [4.78, 5) is 37.5. The number of hydrogen-bond donors (Lipinski definition) is 1. The molecule has 0 saturated carbocycles. The lowest BCUT2D eigenvalue weighted by molar-refractivity contribution is -0.870. The number of allylic oxidation sites excluding steroid dienone is 13. The van der Waals surface area contributed by atoms with Gasteiger partial charge in [-0.2, -0.15) is 0 Å². The Kier molecular flexibility index (Phi) is 35.6. The predicted octanol–water partition coefficient (Wildman–Crippen LogP) is 10.4. The fourth-order valence-electron chi connectivity index (χ4n) is 5.12. The largest absolute Gasteiger partial charge is 0.756 e. The molecule has 0 radical (unpaired) electrons. The van der Waals surface area contributed by atoms with Crippen molar-refractivity contribution >= 4 is 19.8 Å². The molecule has 0 spiro atoms. The Morgan fingerprint density at radius 2 is 1.23 bits per heavy atom. The number of quaternary nitrogens is 1. The number of hydrogen-bond acceptors (Lipinski definition) is 9. The van der Waals surface area contributed by atoms with E-state index in [1.54, 1.807) is 12.2 Å². The van der Waals surface area contributed by atoms with Crippen LogP contribution >= 0.6 is 7.82 Å². The molecule has 0 bridgehead atoms. The second kappa shape index (κ2) is 37.4. The minimum atomic E-state index is -4.69. The maximum Gasteiger partial charge on any atom is 0.306 e. The Bertz CT molecular complexity index is 1260. The van der Waals surface area contributed by atoms with Gasteiger partial charge in [0.15, 0.2) is 6.10 Å². The first-order valence-electron chi connectivity index (χ1n) is 21.4. The number of phosphoric acid groups is 1. The maximum absolute atomic E-state index is 12.7. The number of aliphatic hydroxyl groups is 1. The van der Waals surface area contributed by atoms with Crippen molar-refractivity contribution in [2.24, 2.45) is 0 Å². The minimum Gasteiger partial charge on any atom is -0.756 e. The summed E-state index contributed by atoms with van der Waals surface area (Å²) in [6.07, 6.45) is 43.6. The smallest absolute Gasteiger partial charge is 0.306 e. The number of esters is 2. The van der Waals surface area contributed by atoms with Gasteiger partial charge >= 0.3 is 11.9 Å². The Balaban J connectivity index is 4.63. The first-order valence-corrected chi connectivity index (χ1v) is 22.9. The van der Waals surface area contributed by atoms with Crippen molar-refractivity contribution in [2.75, 3.05) is 47.5 Å². The van der Waals surface area contributed by atoms with Gasteiger partial charge in [0.2, 0.25) is 0 Å². The predicted molar refractivity (Wildman–Crippen MR) is 232 cm³/mol. The monoisotopic (exact) mass is 820 g/mol. The molecule has 0 aromatic carbocycles. The summed E-state index contributed by atoms with van der Waals surface area (Å²) < 4.78 is 33.7. The standard InChI is InChI=1S/C46H78NO9P/c1-6-8-10-12-14-16-18-20-21-23-25-27-29-31-33-37-45(49)53-41-44(42-55-57(51,52)54-40-39-47(3,4)5)56-46(50)38-34-36-43(48)35-32-30-28-26-24-22-19-17-15-13-11-9-7-2/h8,10,14-17,20-22,24,28,30,32,35,43-44,48H,6-7,9,11-13,18-19,23,25-27,29,31,33-34,36-42H2,1-5H3/b10-8-,16-14-,17-15-,21-20-,24-22-,30-28-,35-32+/t43-,44+/m0/s1. The van der Waals surface area contributed by atoms with Crippen LogP contribution in [0.2, 0.25) is 0 Å². The Morgan fingerprint density at radius 3 is 1.86 bits per heavy atom. The molecule has 0 aliphatic rings. The number of rotatable bonds is 37. The van der Waals surface area contributed by atoms with Gasteiger partial charge in [0.25, 0.3) is 7.82 Å². The molecule has 0 rings (SSSR count). The van der Waals surface area contributed by atoms with Crippen LogP contribution in [0.1, 0.15) is 136 Å². The van der Waals surface area contributed by atoms with Gasteiger partial charge in [0, 0.05) is 12.8 Å². The SMILES string of the molecule is CC/C=C\C/C=C\C/C=C\CCCCCCCC(=O)OC[C@H](COP(=O)([O-])OCC[N+](C)(C)C)OC(=O)CCC[C@@H](O)/C=C/C=C\C/C=C\C/C=C\CCCCC. The van der Waals surface area contributed by atoms with Crippen LogP contribution in [0.15, 0.2) is 85.1 Å². The van der Waals surface area contributed by atoms with E-state index >= 15 is 0 Å². The molecule has 0 heterocycles. The zero-order valence-electron chi connectivity index (χ0n) is 36.1. The van der Waals surface area contributed by atoms with Gasteiger partial charge in [-0.15, -0.1) is 0 Å². The Hall–Kier alpha value is -2.85. The van der Waals surface area contributed by atoms with Crippen molar-refractivity contribution in [3.63, 3.8) is 0 Å². The first-order chi connectivity index (χ1) is 27.4. The van der Waals surface area contributed by atoms with E-state index in [0.717, 1.165) is 70.6 Å². The summed E-state index contributed by atoms with van der Waals surface area (Å²) in [7, 11) is 1.02. The van der Waals surface area contributed by atoms with Crippen molar-refractivity contribution in [1.29, 1.82) is 0 Å². The summed E-state index contributed by atoms with van der Waals surface area (Å²) in [6, 6.07) is 0. The third kappa shape index (κ3) is 41.1. The quantitative estimate of drug-likeness (QED) is 0.0162. The Morgan fingerprint density at radius 1 is 0.667 bits per heavy atom. The van der Waals surface area contributed by atoms with Crippen LogP contribution in [0.5, 0.6) is 0 Å². The molecule has 0 fully saturated rings. The molecule has 1 unspecified atom stereocenters.